The fourth-order valence-corrected chi connectivity index (χ4v) is 2.35. The summed E-state index contributed by atoms with van der Waals surface area (Å²) in [6, 6.07) is 8.58. The van der Waals surface area contributed by atoms with E-state index in [1.807, 2.05) is 0 Å². The molecule has 3 N–H and O–H groups in total. The van der Waals surface area contributed by atoms with Crippen molar-refractivity contribution < 1.29 is 27.5 Å². The highest BCUT2D eigenvalue weighted by molar-refractivity contribution is 6.04. The van der Waals surface area contributed by atoms with Crippen LogP contribution in [0.15, 0.2) is 42.1 Å². The molecular formula is C19H18F4N2O2. The lowest BCUT2D eigenvalue weighted by atomic mass is 10.1. The Bertz CT molecular complexity index is 826. The highest BCUT2D eigenvalue weighted by Crippen LogP contribution is 2.27. The van der Waals surface area contributed by atoms with Gasteiger partial charge in [-0.05, 0) is 6.92 Å². The minimum absolute atomic E-state index is 0.0735. The van der Waals surface area contributed by atoms with Gasteiger partial charge in [0.25, 0.3) is 0 Å². The molecule has 0 spiro atoms. The molecule has 0 aliphatic heterocycles. The van der Waals surface area contributed by atoms with Crippen molar-refractivity contribution in [2.45, 2.75) is 13.5 Å². The first-order chi connectivity index (χ1) is 12.9. The van der Waals surface area contributed by atoms with Crippen molar-refractivity contribution in [3.05, 3.63) is 76.5 Å². The Balaban J connectivity index is 1.95. The summed E-state index contributed by atoms with van der Waals surface area (Å²) < 4.78 is 54.8. The molecule has 0 heterocycles. The number of hydrogen-bond acceptors (Lipinski definition) is 4. The summed E-state index contributed by atoms with van der Waals surface area (Å²) in [4.78, 5) is 12.0. The fraction of sp³-hybridized carbons (Fsp3) is 0.211. The summed E-state index contributed by atoms with van der Waals surface area (Å²) in [7, 11) is 0. The Morgan fingerprint density at radius 2 is 1.59 bits per heavy atom. The molecule has 2 aromatic carbocycles. The van der Waals surface area contributed by atoms with Crippen molar-refractivity contribution in [1.82, 2.24) is 5.32 Å². The Hall–Kier alpha value is -2.87. The average molecular weight is 382 g/mol. The van der Waals surface area contributed by atoms with Gasteiger partial charge in [-0.1, -0.05) is 30.3 Å². The number of anilines is 1. The lowest BCUT2D eigenvalue weighted by molar-refractivity contribution is 0.104. The van der Waals surface area contributed by atoms with E-state index in [-0.39, 0.29) is 18.9 Å². The number of hydrogen-bond donors (Lipinski definition) is 3. The van der Waals surface area contributed by atoms with E-state index in [1.165, 1.54) is 6.08 Å². The van der Waals surface area contributed by atoms with E-state index >= 15 is 0 Å². The summed E-state index contributed by atoms with van der Waals surface area (Å²) in [6.07, 6.45) is 1.37. The molecule has 144 valence electrons. The van der Waals surface area contributed by atoms with E-state index in [1.54, 1.807) is 37.3 Å². The van der Waals surface area contributed by atoms with Gasteiger partial charge in [-0.15, -0.1) is 0 Å². The van der Waals surface area contributed by atoms with Gasteiger partial charge in [-0.3, -0.25) is 4.79 Å². The quantitative estimate of drug-likeness (QED) is 0.215. The first-order valence-electron chi connectivity index (χ1n) is 8.07. The molecular weight excluding hydrogens is 364 g/mol. The maximum Gasteiger partial charge on any atom is 0.187 e. The van der Waals surface area contributed by atoms with Gasteiger partial charge in [-0.25, -0.2) is 17.6 Å². The van der Waals surface area contributed by atoms with Crippen molar-refractivity contribution in [3.63, 3.8) is 0 Å². The highest BCUT2D eigenvalue weighted by atomic mass is 19.2. The summed E-state index contributed by atoms with van der Waals surface area (Å²) in [5, 5.41) is 13.9. The second-order valence-electron chi connectivity index (χ2n) is 5.68. The largest absolute Gasteiger partial charge is 0.391 e. The van der Waals surface area contributed by atoms with Crippen molar-refractivity contribution in [2.24, 2.45) is 0 Å². The zero-order valence-corrected chi connectivity index (χ0v) is 14.5. The molecule has 0 atom stereocenters. The van der Waals surface area contributed by atoms with Crippen LogP contribution in [0.5, 0.6) is 0 Å². The number of benzene rings is 2. The standard InChI is InChI=1S/C19H18F4N2O2/c1-11(9-14(27)12-5-3-2-4-6-12)24-7-8-25-19-17(22)15(20)13(10-26)16(21)18(19)23/h2-6,9,24-26H,7-8,10H2,1H3. The lowest BCUT2D eigenvalue weighted by Crippen LogP contribution is -2.22. The van der Waals surface area contributed by atoms with E-state index in [0.29, 0.717) is 11.3 Å². The smallest absolute Gasteiger partial charge is 0.187 e. The molecule has 2 rings (SSSR count). The number of aliphatic hydroxyl groups is 1. The number of carbonyl (C=O) groups excluding carboxylic acids is 1. The van der Waals surface area contributed by atoms with Crippen LogP contribution in [0.3, 0.4) is 0 Å². The van der Waals surface area contributed by atoms with E-state index in [4.69, 9.17) is 5.11 Å². The second-order valence-corrected chi connectivity index (χ2v) is 5.68. The fourth-order valence-electron chi connectivity index (χ4n) is 2.35. The number of halogens is 4. The number of allylic oxidation sites excluding steroid dienone is 2. The average Bonchev–Trinajstić information content (AvgIpc) is 2.67. The van der Waals surface area contributed by atoms with Gasteiger partial charge in [-0.2, -0.15) is 0 Å². The second kappa shape index (κ2) is 9.18. The number of ketones is 1. The van der Waals surface area contributed by atoms with Crippen molar-refractivity contribution in [2.75, 3.05) is 18.4 Å². The summed E-state index contributed by atoms with van der Waals surface area (Å²) in [5.41, 5.74) is -0.992. The molecule has 2 aromatic rings. The Morgan fingerprint density at radius 1 is 1.00 bits per heavy atom. The minimum atomic E-state index is -1.64. The van der Waals surface area contributed by atoms with Crippen LogP contribution >= 0.6 is 0 Å². The molecule has 0 aliphatic carbocycles. The van der Waals surface area contributed by atoms with Crippen LogP contribution in [0.1, 0.15) is 22.8 Å². The summed E-state index contributed by atoms with van der Waals surface area (Å²) in [6.45, 7) is 0.536. The Labute approximate surface area is 153 Å². The van der Waals surface area contributed by atoms with Gasteiger partial charge in [0, 0.05) is 30.4 Å². The van der Waals surface area contributed by atoms with Gasteiger partial charge < -0.3 is 15.7 Å². The number of aliphatic hydroxyl groups excluding tert-OH is 1. The molecule has 27 heavy (non-hydrogen) atoms. The molecule has 0 saturated carbocycles. The summed E-state index contributed by atoms with van der Waals surface area (Å²) in [5.74, 6) is -6.71. The number of nitrogens with one attached hydrogen (secondary N) is 2. The van der Waals surface area contributed by atoms with E-state index in [9.17, 15) is 22.4 Å². The Kier molecular flexibility index (Phi) is 6.95. The van der Waals surface area contributed by atoms with Gasteiger partial charge in [0.1, 0.15) is 5.69 Å². The predicted octanol–water partition coefficient (Wildman–Crippen LogP) is 3.52. The van der Waals surface area contributed by atoms with Crippen LogP contribution in [-0.4, -0.2) is 24.0 Å². The van der Waals surface area contributed by atoms with Crippen LogP contribution in [0.2, 0.25) is 0 Å². The molecule has 4 nitrogen and oxygen atoms in total. The topological polar surface area (TPSA) is 61.4 Å². The highest BCUT2D eigenvalue weighted by Gasteiger charge is 2.24. The minimum Gasteiger partial charge on any atom is -0.391 e. The maximum atomic E-state index is 13.8. The van der Waals surface area contributed by atoms with Crippen LogP contribution in [0.4, 0.5) is 23.2 Å². The van der Waals surface area contributed by atoms with Gasteiger partial charge >= 0.3 is 0 Å². The van der Waals surface area contributed by atoms with Gasteiger partial charge in [0.05, 0.1) is 12.2 Å². The van der Waals surface area contributed by atoms with Gasteiger partial charge in [0.2, 0.25) is 0 Å². The first kappa shape index (κ1) is 20.4. The molecule has 0 aromatic heterocycles. The first-order valence-corrected chi connectivity index (χ1v) is 8.07. The SMILES string of the molecule is CC(=CC(=O)c1ccccc1)NCCNc1c(F)c(F)c(CO)c(F)c1F. The zero-order chi connectivity index (χ0) is 20.0. The molecule has 0 radical (unpaired) electrons. The van der Waals surface area contributed by atoms with E-state index < -0.39 is 41.1 Å². The van der Waals surface area contributed by atoms with Crippen molar-refractivity contribution >= 4 is 11.5 Å². The third kappa shape index (κ3) is 4.85. The summed E-state index contributed by atoms with van der Waals surface area (Å²) >= 11 is 0. The monoisotopic (exact) mass is 382 g/mol. The third-order valence-corrected chi connectivity index (χ3v) is 3.75. The zero-order valence-electron chi connectivity index (χ0n) is 14.5. The van der Waals surface area contributed by atoms with Crippen molar-refractivity contribution in [1.29, 1.82) is 0 Å². The molecule has 0 amide bonds. The lowest BCUT2D eigenvalue weighted by Gasteiger charge is -2.13. The molecule has 0 unspecified atom stereocenters. The molecule has 0 bridgehead atoms. The molecule has 8 heteroatoms. The number of carbonyl (C=O) groups is 1. The molecule has 0 saturated heterocycles. The van der Waals surface area contributed by atoms with Crippen LogP contribution in [0, 0.1) is 23.3 Å². The third-order valence-electron chi connectivity index (χ3n) is 3.75. The van der Waals surface area contributed by atoms with E-state index in [0.717, 1.165) is 0 Å². The predicted molar refractivity (Wildman–Crippen MR) is 93.2 cm³/mol. The van der Waals surface area contributed by atoms with Crippen LogP contribution in [0.25, 0.3) is 0 Å². The number of rotatable bonds is 8. The van der Waals surface area contributed by atoms with Gasteiger partial charge in [0.15, 0.2) is 29.1 Å². The normalized spacial score (nSPS) is 11.4. The molecule has 0 fully saturated rings. The maximum absolute atomic E-state index is 13.8. The van der Waals surface area contributed by atoms with Crippen LogP contribution in [-0.2, 0) is 6.61 Å². The Morgan fingerprint density at radius 3 is 2.15 bits per heavy atom. The molecule has 0 aliphatic rings. The van der Waals surface area contributed by atoms with Crippen molar-refractivity contribution in [3.8, 4) is 0 Å². The van der Waals surface area contributed by atoms with Crippen LogP contribution < -0.4 is 10.6 Å². The van der Waals surface area contributed by atoms with E-state index in [2.05, 4.69) is 10.6 Å².